The lowest BCUT2D eigenvalue weighted by atomic mass is 10.1. The molecule has 0 saturated heterocycles. The summed E-state index contributed by atoms with van der Waals surface area (Å²) in [6, 6.07) is 7.70. The van der Waals surface area contributed by atoms with Gasteiger partial charge in [0.05, 0.1) is 0 Å². The molecule has 0 saturated carbocycles. The minimum atomic E-state index is -0.801. The summed E-state index contributed by atoms with van der Waals surface area (Å²) in [6.07, 6.45) is 0. The lowest BCUT2D eigenvalue weighted by Gasteiger charge is -2.21. The average Bonchev–Trinajstić information content (AvgIpc) is 2.40. The van der Waals surface area contributed by atoms with Crippen LogP contribution in [0, 0.1) is 22.9 Å². The zero-order valence-electron chi connectivity index (χ0n) is 11.3. The van der Waals surface area contributed by atoms with Crippen LogP contribution in [-0.2, 0) is 6.54 Å². The summed E-state index contributed by atoms with van der Waals surface area (Å²) >= 11 is 0. The maximum atomic E-state index is 14.0. The van der Waals surface area contributed by atoms with Crippen molar-refractivity contribution < 1.29 is 13.2 Å². The van der Waals surface area contributed by atoms with E-state index in [9.17, 15) is 13.2 Å². The van der Waals surface area contributed by atoms with Crippen LogP contribution in [0.25, 0.3) is 0 Å². The molecule has 21 heavy (non-hydrogen) atoms. The van der Waals surface area contributed by atoms with Gasteiger partial charge in [-0.2, -0.15) is 0 Å². The van der Waals surface area contributed by atoms with Crippen molar-refractivity contribution in [3.05, 3.63) is 65.0 Å². The highest BCUT2D eigenvalue weighted by molar-refractivity contribution is 5.95. The number of hydrogen-bond donors (Lipinski definition) is 2. The Hall–Kier alpha value is -2.50. The molecule has 0 aliphatic carbocycles. The van der Waals surface area contributed by atoms with Gasteiger partial charge in [-0.1, -0.05) is 12.1 Å². The Kier molecular flexibility index (Phi) is 4.16. The maximum Gasteiger partial charge on any atom is 0.150 e. The van der Waals surface area contributed by atoms with Gasteiger partial charge in [0.25, 0.3) is 0 Å². The number of rotatable bonds is 4. The fourth-order valence-electron chi connectivity index (χ4n) is 2.03. The van der Waals surface area contributed by atoms with Gasteiger partial charge < -0.3 is 10.6 Å². The second kappa shape index (κ2) is 5.87. The molecule has 0 spiro atoms. The number of amidine groups is 1. The van der Waals surface area contributed by atoms with E-state index < -0.39 is 17.5 Å². The second-order valence-electron chi connectivity index (χ2n) is 4.68. The first-order valence-corrected chi connectivity index (χ1v) is 6.17. The van der Waals surface area contributed by atoms with E-state index in [1.807, 2.05) is 0 Å². The maximum absolute atomic E-state index is 14.0. The minimum Gasteiger partial charge on any atom is -0.384 e. The van der Waals surface area contributed by atoms with Crippen molar-refractivity contribution in [2.45, 2.75) is 6.54 Å². The molecule has 2 rings (SSSR count). The normalized spacial score (nSPS) is 10.5. The van der Waals surface area contributed by atoms with Gasteiger partial charge in [0.1, 0.15) is 29.0 Å². The molecular weight excluding hydrogens is 279 g/mol. The Balaban J connectivity index is 2.28. The van der Waals surface area contributed by atoms with Gasteiger partial charge in [0, 0.05) is 19.2 Å². The van der Waals surface area contributed by atoms with Crippen LogP contribution in [0.3, 0.4) is 0 Å². The van der Waals surface area contributed by atoms with Crippen molar-refractivity contribution in [2.24, 2.45) is 5.73 Å². The van der Waals surface area contributed by atoms with Crippen LogP contribution in [0.1, 0.15) is 11.1 Å². The van der Waals surface area contributed by atoms with Gasteiger partial charge >= 0.3 is 0 Å². The number of halogens is 3. The molecule has 0 heterocycles. The van der Waals surface area contributed by atoms with E-state index in [-0.39, 0.29) is 23.6 Å². The highest BCUT2D eigenvalue weighted by Crippen LogP contribution is 2.25. The summed E-state index contributed by atoms with van der Waals surface area (Å²) in [4.78, 5) is 1.38. The Morgan fingerprint density at radius 1 is 1.10 bits per heavy atom. The third kappa shape index (κ3) is 3.34. The van der Waals surface area contributed by atoms with Crippen molar-refractivity contribution in [2.75, 3.05) is 11.9 Å². The lowest BCUT2D eigenvalue weighted by Crippen LogP contribution is -2.20. The molecule has 2 aromatic carbocycles. The molecule has 0 aliphatic rings. The third-order valence-electron chi connectivity index (χ3n) is 3.04. The minimum absolute atomic E-state index is 0.0102. The molecular formula is C15H14F3N3. The van der Waals surface area contributed by atoms with Crippen LogP contribution in [-0.4, -0.2) is 12.9 Å². The van der Waals surface area contributed by atoms with Crippen LogP contribution < -0.4 is 10.6 Å². The number of anilines is 1. The van der Waals surface area contributed by atoms with E-state index in [1.165, 1.54) is 24.1 Å². The highest BCUT2D eigenvalue weighted by Gasteiger charge is 2.16. The smallest absolute Gasteiger partial charge is 0.150 e. The van der Waals surface area contributed by atoms with Crippen molar-refractivity contribution in [1.82, 2.24) is 0 Å². The van der Waals surface area contributed by atoms with Gasteiger partial charge in [-0.3, -0.25) is 5.41 Å². The van der Waals surface area contributed by atoms with Gasteiger partial charge in [0.15, 0.2) is 0 Å². The molecule has 110 valence electrons. The number of nitrogens with two attached hydrogens (primary N) is 1. The molecule has 0 radical (unpaired) electrons. The SMILES string of the molecule is CN(Cc1ccc(F)cc1)c1c(F)cc(C(=N)N)cc1F. The van der Waals surface area contributed by atoms with Crippen LogP contribution in [0.2, 0.25) is 0 Å². The number of hydrogen-bond acceptors (Lipinski definition) is 2. The molecule has 0 unspecified atom stereocenters. The molecule has 0 bridgehead atoms. The number of benzene rings is 2. The van der Waals surface area contributed by atoms with Gasteiger partial charge in [-0.05, 0) is 29.8 Å². The number of nitrogen functional groups attached to an aromatic ring is 1. The summed E-state index contributed by atoms with van der Waals surface area (Å²) in [5, 5.41) is 7.20. The highest BCUT2D eigenvalue weighted by atomic mass is 19.1. The molecule has 6 heteroatoms. The monoisotopic (exact) mass is 293 g/mol. The number of nitrogens with zero attached hydrogens (tertiary/aromatic N) is 1. The number of nitrogens with one attached hydrogen (secondary N) is 1. The Morgan fingerprint density at radius 3 is 2.10 bits per heavy atom. The van der Waals surface area contributed by atoms with Crippen LogP contribution in [0.15, 0.2) is 36.4 Å². The predicted molar refractivity (Wildman–Crippen MR) is 75.9 cm³/mol. The Bertz CT molecular complexity index is 645. The average molecular weight is 293 g/mol. The predicted octanol–water partition coefficient (Wildman–Crippen LogP) is 3.02. The van der Waals surface area contributed by atoms with E-state index in [0.29, 0.717) is 5.56 Å². The molecule has 2 aromatic rings. The lowest BCUT2D eigenvalue weighted by molar-refractivity contribution is 0.576. The molecule has 0 fully saturated rings. The Labute approximate surface area is 120 Å². The van der Waals surface area contributed by atoms with Crippen LogP contribution in [0.5, 0.6) is 0 Å². The molecule has 0 aliphatic heterocycles. The van der Waals surface area contributed by atoms with E-state index in [4.69, 9.17) is 11.1 Å². The first kappa shape index (κ1) is 14.9. The van der Waals surface area contributed by atoms with E-state index in [0.717, 1.165) is 12.1 Å². The first-order valence-electron chi connectivity index (χ1n) is 6.17. The zero-order chi connectivity index (χ0) is 15.6. The molecule has 0 amide bonds. The van der Waals surface area contributed by atoms with Crippen molar-refractivity contribution >= 4 is 11.5 Å². The van der Waals surface area contributed by atoms with Gasteiger partial charge in [-0.15, -0.1) is 0 Å². The van der Waals surface area contributed by atoms with E-state index in [2.05, 4.69) is 0 Å². The second-order valence-corrected chi connectivity index (χ2v) is 4.68. The summed E-state index contributed by atoms with van der Waals surface area (Å²) < 4.78 is 40.8. The van der Waals surface area contributed by atoms with Gasteiger partial charge in [-0.25, -0.2) is 13.2 Å². The zero-order valence-corrected chi connectivity index (χ0v) is 11.3. The standard InChI is InChI=1S/C15H14F3N3/c1-21(8-9-2-4-11(16)5-3-9)14-12(17)6-10(15(19)20)7-13(14)18/h2-7H,8H2,1H3,(H3,19,20). The molecule has 3 N–H and O–H groups in total. The fraction of sp³-hybridized carbons (Fsp3) is 0.133. The van der Waals surface area contributed by atoms with Crippen LogP contribution >= 0.6 is 0 Å². The molecule has 0 atom stereocenters. The summed E-state index contributed by atoms with van der Waals surface area (Å²) in [5.74, 6) is -2.38. The summed E-state index contributed by atoms with van der Waals surface area (Å²) in [7, 11) is 1.53. The van der Waals surface area contributed by atoms with E-state index >= 15 is 0 Å². The van der Waals surface area contributed by atoms with E-state index in [1.54, 1.807) is 12.1 Å². The fourth-order valence-corrected chi connectivity index (χ4v) is 2.03. The largest absolute Gasteiger partial charge is 0.384 e. The summed E-state index contributed by atoms with van der Waals surface area (Å²) in [5.41, 5.74) is 5.70. The van der Waals surface area contributed by atoms with Crippen molar-refractivity contribution in [1.29, 1.82) is 5.41 Å². The quantitative estimate of drug-likeness (QED) is 0.672. The van der Waals surface area contributed by atoms with Crippen molar-refractivity contribution in [3.8, 4) is 0 Å². The Morgan fingerprint density at radius 2 is 1.62 bits per heavy atom. The van der Waals surface area contributed by atoms with Crippen molar-refractivity contribution in [3.63, 3.8) is 0 Å². The third-order valence-corrected chi connectivity index (χ3v) is 3.04. The van der Waals surface area contributed by atoms with Gasteiger partial charge in [0.2, 0.25) is 0 Å². The molecule has 0 aromatic heterocycles. The first-order chi connectivity index (χ1) is 9.88. The van der Waals surface area contributed by atoms with Crippen LogP contribution in [0.4, 0.5) is 18.9 Å². The topological polar surface area (TPSA) is 53.1 Å². The molecule has 3 nitrogen and oxygen atoms in total. The summed E-state index contributed by atoms with van der Waals surface area (Å²) in [6.45, 7) is 0.216.